The second kappa shape index (κ2) is 6.23. The number of aromatic nitrogens is 1. The first-order chi connectivity index (χ1) is 9.24. The lowest BCUT2D eigenvalue weighted by molar-refractivity contribution is 0.806. The van der Waals surface area contributed by atoms with Crippen LogP contribution in [0.25, 0.3) is 0 Å². The van der Waals surface area contributed by atoms with Crippen LogP contribution in [0.3, 0.4) is 0 Å². The molecule has 0 saturated heterocycles. The third kappa shape index (κ3) is 3.25. The Morgan fingerprint density at radius 2 is 2.00 bits per heavy atom. The monoisotopic (exact) mass is 255 g/mol. The van der Waals surface area contributed by atoms with Crippen LogP contribution < -0.4 is 10.2 Å². The average Bonchev–Trinajstić information content (AvgIpc) is 2.46. The van der Waals surface area contributed by atoms with Crippen molar-refractivity contribution in [3.05, 3.63) is 53.9 Å². The smallest absolute Gasteiger partial charge is 0.0617 e. The Hall–Kier alpha value is -2.03. The summed E-state index contributed by atoms with van der Waals surface area (Å²) >= 11 is 0. The number of nitrogens with zero attached hydrogens (tertiary/aromatic N) is 2. The number of hydrogen-bond acceptors (Lipinski definition) is 3. The lowest BCUT2D eigenvalue weighted by atomic mass is 10.1. The van der Waals surface area contributed by atoms with Gasteiger partial charge in [-0.05, 0) is 37.6 Å². The molecule has 0 amide bonds. The van der Waals surface area contributed by atoms with Gasteiger partial charge in [0.1, 0.15) is 0 Å². The van der Waals surface area contributed by atoms with Crippen LogP contribution in [0, 0.1) is 6.92 Å². The highest BCUT2D eigenvalue weighted by molar-refractivity contribution is 5.53. The van der Waals surface area contributed by atoms with Gasteiger partial charge in [-0.25, -0.2) is 0 Å². The number of hydrogen-bond donors (Lipinski definition) is 1. The van der Waals surface area contributed by atoms with Crippen LogP contribution in [0.15, 0.2) is 42.6 Å². The van der Waals surface area contributed by atoms with Crippen LogP contribution in [-0.4, -0.2) is 18.6 Å². The van der Waals surface area contributed by atoms with Crippen molar-refractivity contribution in [3.8, 4) is 0 Å². The molecule has 1 aromatic heterocycles. The molecule has 100 valence electrons. The van der Waals surface area contributed by atoms with Crippen molar-refractivity contribution in [2.45, 2.75) is 20.4 Å². The van der Waals surface area contributed by atoms with E-state index in [-0.39, 0.29) is 0 Å². The fourth-order valence-corrected chi connectivity index (χ4v) is 2.20. The number of aryl methyl sites for hydroxylation is 1. The molecule has 3 heteroatoms. The van der Waals surface area contributed by atoms with Gasteiger partial charge in [0.05, 0.1) is 12.2 Å². The molecular formula is C16H21N3. The van der Waals surface area contributed by atoms with Gasteiger partial charge in [0.15, 0.2) is 0 Å². The molecule has 0 fully saturated rings. The fraction of sp³-hybridized carbons (Fsp3) is 0.312. The summed E-state index contributed by atoms with van der Waals surface area (Å²) in [5, 5.41) is 3.15. The van der Waals surface area contributed by atoms with Crippen LogP contribution in [0.4, 0.5) is 11.4 Å². The molecule has 2 aromatic rings. The molecule has 0 atom stereocenters. The van der Waals surface area contributed by atoms with Gasteiger partial charge in [0.2, 0.25) is 0 Å². The van der Waals surface area contributed by atoms with E-state index in [9.17, 15) is 0 Å². The molecule has 3 nitrogen and oxygen atoms in total. The summed E-state index contributed by atoms with van der Waals surface area (Å²) in [4.78, 5) is 6.79. The zero-order valence-electron chi connectivity index (χ0n) is 11.9. The highest BCUT2D eigenvalue weighted by Gasteiger charge is 2.08. The lowest BCUT2D eigenvalue weighted by Crippen LogP contribution is -2.23. The minimum Gasteiger partial charge on any atom is -0.388 e. The van der Waals surface area contributed by atoms with Gasteiger partial charge in [-0.3, -0.25) is 4.98 Å². The van der Waals surface area contributed by atoms with Crippen LogP contribution in [0.1, 0.15) is 18.2 Å². The standard InChI is InChI=1S/C16H21N3/c1-4-19(16-8-6-5-7-13(16)2)12-15-11-14(17-3)9-10-18-15/h5-11H,4,12H2,1-3H3,(H,17,18). The van der Waals surface area contributed by atoms with Crippen molar-refractivity contribution < 1.29 is 0 Å². The number of pyridine rings is 1. The molecule has 1 heterocycles. The van der Waals surface area contributed by atoms with E-state index in [2.05, 4.69) is 59.4 Å². The molecule has 0 unspecified atom stereocenters. The summed E-state index contributed by atoms with van der Waals surface area (Å²) in [6, 6.07) is 12.6. The van der Waals surface area contributed by atoms with Crippen LogP contribution in [-0.2, 0) is 6.54 Å². The molecule has 0 aliphatic heterocycles. The molecule has 1 aromatic carbocycles. The molecule has 0 radical (unpaired) electrons. The Morgan fingerprint density at radius 1 is 1.21 bits per heavy atom. The van der Waals surface area contributed by atoms with E-state index >= 15 is 0 Å². The van der Waals surface area contributed by atoms with Crippen LogP contribution >= 0.6 is 0 Å². The van der Waals surface area contributed by atoms with E-state index in [1.807, 2.05) is 19.3 Å². The van der Waals surface area contributed by atoms with Crippen molar-refractivity contribution in [1.29, 1.82) is 0 Å². The largest absolute Gasteiger partial charge is 0.388 e. The van der Waals surface area contributed by atoms with Crippen molar-refractivity contribution in [1.82, 2.24) is 4.98 Å². The summed E-state index contributed by atoms with van der Waals surface area (Å²) in [7, 11) is 1.93. The van der Waals surface area contributed by atoms with E-state index in [1.165, 1.54) is 11.3 Å². The van der Waals surface area contributed by atoms with Gasteiger partial charge in [0.25, 0.3) is 0 Å². The minimum absolute atomic E-state index is 0.830. The Morgan fingerprint density at radius 3 is 2.68 bits per heavy atom. The van der Waals surface area contributed by atoms with Gasteiger partial charge >= 0.3 is 0 Å². The zero-order valence-corrected chi connectivity index (χ0v) is 11.9. The topological polar surface area (TPSA) is 28.2 Å². The number of benzene rings is 1. The Bertz CT molecular complexity index is 537. The molecule has 0 aliphatic rings. The number of para-hydroxylation sites is 1. The molecule has 0 aliphatic carbocycles. The highest BCUT2D eigenvalue weighted by Crippen LogP contribution is 2.21. The van der Waals surface area contributed by atoms with E-state index in [1.54, 1.807) is 0 Å². The predicted molar refractivity (Wildman–Crippen MR) is 81.7 cm³/mol. The van der Waals surface area contributed by atoms with Gasteiger partial charge in [0, 0.05) is 31.2 Å². The Balaban J connectivity index is 2.21. The lowest BCUT2D eigenvalue weighted by Gasteiger charge is -2.24. The zero-order chi connectivity index (χ0) is 13.7. The second-order valence-electron chi connectivity index (χ2n) is 4.59. The van der Waals surface area contributed by atoms with Crippen LogP contribution in [0.5, 0.6) is 0 Å². The maximum Gasteiger partial charge on any atom is 0.0617 e. The molecule has 19 heavy (non-hydrogen) atoms. The van der Waals surface area contributed by atoms with Crippen molar-refractivity contribution >= 4 is 11.4 Å². The summed E-state index contributed by atoms with van der Waals surface area (Å²) in [6.07, 6.45) is 1.85. The Labute approximate surface area is 115 Å². The van der Waals surface area contributed by atoms with Gasteiger partial charge < -0.3 is 10.2 Å². The third-order valence-corrected chi connectivity index (χ3v) is 3.30. The molecule has 0 saturated carbocycles. The maximum absolute atomic E-state index is 4.45. The molecule has 0 bridgehead atoms. The summed E-state index contributed by atoms with van der Waals surface area (Å²) in [5.41, 5.74) is 4.76. The molecule has 1 N–H and O–H groups in total. The van der Waals surface area contributed by atoms with E-state index in [4.69, 9.17) is 0 Å². The first kappa shape index (κ1) is 13.4. The third-order valence-electron chi connectivity index (χ3n) is 3.30. The molecular weight excluding hydrogens is 234 g/mol. The fourth-order valence-electron chi connectivity index (χ4n) is 2.20. The number of nitrogens with one attached hydrogen (secondary N) is 1. The number of rotatable bonds is 5. The van der Waals surface area contributed by atoms with E-state index < -0.39 is 0 Å². The first-order valence-corrected chi connectivity index (χ1v) is 6.68. The summed E-state index contributed by atoms with van der Waals surface area (Å²) in [5.74, 6) is 0. The second-order valence-corrected chi connectivity index (χ2v) is 4.59. The molecule has 2 rings (SSSR count). The first-order valence-electron chi connectivity index (χ1n) is 6.68. The Kier molecular flexibility index (Phi) is 4.39. The van der Waals surface area contributed by atoms with Gasteiger partial charge in [-0.15, -0.1) is 0 Å². The normalized spacial score (nSPS) is 10.3. The average molecular weight is 255 g/mol. The van der Waals surface area contributed by atoms with Crippen LogP contribution in [0.2, 0.25) is 0 Å². The quantitative estimate of drug-likeness (QED) is 0.887. The van der Waals surface area contributed by atoms with Crippen molar-refractivity contribution in [2.24, 2.45) is 0 Å². The van der Waals surface area contributed by atoms with E-state index in [0.717, 1.165) is 24.5 Å². The SMILES string of the molecule is CCN(Cc1cc(NC)ccn1)c1ccccc1C. The minimum atomic E-state index is 0.830. The number of anilines is 2. The highest BCUT2D eigenvalue weighted by atomic mass is 15.1. The molecule has 0 spiro atoms. The maximum atomic E-state index is 4.45. The summed E-state index contributed by atoms with van der Waals surface area (Å²) < 4.78 is 0. The van der Waals surface area contributed by atoms with Gasteiger partial charge in [-0.2, -0.15) is 0 Å². The summed E-state index contributed by atoms with van der Waals surface area (Å²) in [6.45, 7) is 6.12. The van der Waals surface area contributed by atoms with Gasteiger partial charge in [-0.1, -0.05) is 18.2 Å². The van der Waals surface area contributed by atoms with Crippen molar-refractivity contribution in [3.63, 3.8) is 0 Å². The predicted octanol–water partition coefficient (Wildman–Crippen LogP) is 3.46. The van der Waals surface area contributed by atoms with E-state index in [0.29, 0.717) is 0 Å². The van der Waals surface area contributed by atoms with Crippen molar-refractivity contribution in [2.75, 3.05) is 23.8 Å².